The summed E-state index contributed by atoms with van der Waals surface area (Å²) >= 11 is 7.03. The second-order valence-corrected chi connectivity index (χ2v) is 11.5. The van der Waals surface area contributed by atoms with Crippen molar-refractivity contribution < 1.29 is 18.9 Å². The Bertz CT molecular complexity index is 1630. The highest BCUT2D eigenvalue weighted by Gasteiger charge is 2.23. The van der Waals surface area contributed by atoms with Crippen molar-refractivity contribution in [1.82, 2.24) is 9.66 Å². The second-order valence-electron chi connectivity index (χ2n) is 9.72. The first kappa shape index (κ1) is 26.2. The quantitative estimate of drug-likeness (QED) is 0.226. The third kappa shape index (κ3) is 5.28. The van der Waals surface area contributed by atoms with Gasteiger partial charge in [-0.2, -0.15) is 9.78 Å². The molecular formula is C28H25Br2N3O5. The second kappa shape index (κ2) is 10.4. The van der Waals surface area contributed by atoms with Crippen LogP contribution >= 0.6 is 31.9 Å². The SMILES string of the molecule is COc1cc(C=Nn2c(C(C)(C)C)nc3ccc(Br)cc3c2=O)cc(Br)c1OCc1ccc2c(c1)OCO2. The molecular weight excluding hydrogens is 618 g/mol. The Labute approximate surface area is 236 Å². The van der Waals surface area contributed by atoms with Crippen molar-refractivity contribution in [2.45, 2.75) is 32.8 Å². The molecule has 5 rings (SSSR count). The lowest BCUT2D eigenvalue weighted by atomic mass is 9.95. The molecule has 0 atom stereocenters. The van der Waals surface area contributed by atoms with Crippen LogP contribution in [0.3, 0.4) is 0 Å². The number of ether oxygens (including phenoxy) is 4. The van der Waals surface area contributed by atoms with Crippen LogP contribution in [-0.4, -0.2) is 29.8 Å². The fourth-order valence-electron chi connectivity index (χ4n) is 4.01. The van der Waals surface area contributed by atoms with E-state index in [1.807, 2.05) is 57.2 Å². The molecule has 10 heteroatoms. The Balaban J connectivity index is 1.46. The molecule has 1 aliphatic rings. The number of aromatic nitrogens is 2. The number of nitrogens with zero attached hydrogens (tertiary/aromatic N) is 3. The van der Waals surface area contributed by atoms with E-state index in [1.54, 1.807) is 25.5 Å². The highest BCUT2D eigenvalue weighted by Crippen LogP contribution is 2.38. The maximum Gasteiger partial charge on any atom is 0.282 e. The van der Waals surface area contributed by atoms with Crippen molar-refractivity contribution in [2.75, 3.05) is 13.9 Å². The van der Waals surface area contributed by atoms with Gasteiger partial charge in [0.1, 0.15) is 12.4 Å². The molecule has 0 saturated heterocycles. The number of rotatable bonds is 6. The topological polar surface area (TPSA) is 84.2 Å². The van der Waals surface area contributed by atoms with Gasteiger partial charge in [0.05, 0.1) is 28.7 Å². The average molecular weight is 643 g/mol. The van der Waals surface area contributed by atoms with Gasteiger partial charge in [0.2, 0.25) is 6.79 Å². The van der Waals surface area contributed by atoms with Crippen molar-refractivity contribution >= 4 is 49.0 Å². The summed E-state index contributed by atoms with van der Waals surface area (Å²) < 4.78 is 25.3. The summed E-state index contributed by atoms with van der Waals surface area (Å²) in [6, 6.07) is 14.8. The van der Waals surface area contributed by atoms with Crippen LogP contribution < -0.4 is 24.5 Å². The molecule has 0 saturated carbocycles. The molecule has 38 heavy (non-hydrogen) atoms. The van der Waals surface area contributed by atoms with E-state index in [2.05, 4.69) is 37.0 Å². The number of halogens is 2. The molecule has 8 nitrogen and oxygen atoms in total. The van der Waals surface area contributed by atoms with Crippen molar-refractivity contribution in [1.29, 1.82) is 0 Å². The normalized spacial score (nSPS) is 12.9. The Morgan fingerprint density at radius 3 is 2.63 bits per heavy atom. The van der Waals surface area contributed by atoms with Crippen molar-refractivity contribution in [3.05, 3.63) is 84.8 Å². The summed E-state index contributed by atoms with van der Waals surface area (Å²) in [6.45, 7) is 6.52. The molecule has 0 radical (unpaired) electrons. The van der Waals surface area contributed by atoms with E-state index in [0.717, 1.165) is 15.8 Å². The van der Waals surface area contributed by atoms with Gasteiger partial charge in [-0.1, -0.05) is 42.8 Å². The number of hydrogen-bond acceptors (Lipinski definition) is 7. The maximum atomic E-state index is 13.4. The first-order chi connectivity index (χ1) is 18.1. The highest BCUT2D eigenvalue weighted by molar-refractivity contribution is 9.10. The Hall–Kier alpha value is -3.37. The zero-order valence-corrected chi connectivity index (χ0v) is 24.4. The summed E-state index contributed by atoms with van der Waals surface area (Å²) in [5.41, 5.74) is 1.61. The van der Waals surface area contributed by atoms with Crippen molar-refractivity contribution in [2.24, 2.45) is 5.10 Å². The summed E-state index contributed by atoms with van der Waals surface area (Å²) in [4.78, 5) is 18.2. The molecule has 0 fully saturated rings. The Morgan fingerprint density at radius 2 is 1.87 bits per heavy atom. The summed E-state index contributed by atoms with van der Waals surface area (Å²) in [7, 11) is 1.57. The molecule has 1 aliphatic heterocycles. The molecule has 0 aliphatic carbocycles. The van der Waals surface area contributed by atoms with Gasteiger partial charge in [-0.05, 0) is 69.5 Å². The van der Waals surface area contributed by atoms with Crippen molar-refractivity contribution in [3.63, 3.8) is 0 Å². The average Bonchev–Trinajstić information content (AvgIpc) is 3.35. The molecule has 0 bridgehead atoms. The van der Waals surface area contributed by atoms with Crippen LogP contribution in [0.4, 0.5) is 0 Å². The van der Waals surface area contributed by atoms with E-state index in [4.69, 9.17) is 23.9 Å². The molecule has 0 unspecified atom stereocenters. The molecule has 0 spiro atoms. The molecule has 0 amide bonds. The van der Waals surface area contributed by atoms with Gasteiger partial charge >= 0.3 is 0 Å². The third-order valence-electron chi connectivity index (χ3n) is 5.87. The summed E-state index contributed by atoms with van der Waals surface area (Å²) in [6.07, 6.45) is 1.61. The summed E-state index contributed by atoms with van der Waals surface area (Å²) in [5.74, 6) is 3.05. The molecule has 2 heterocycles. The fourth-order valence-corrected chi connectivity index (χ4v) is 4.94. The molecule has 4 aromatic rings. The van der Waals surface area contributed by atoms with Crippen LogP contribution in [0.5, 0.6) is 23.0 Å². The number of fused-ring (bicyclic) bond motifs is 2. The smallest absolute Gasteiger partial charge is 0.282 e. The predicted molar refractivity (Wildman–Crippen MR) is 153 cm³/mol. The lowest BCUT2D eigenvalue weighted by Crippen LogP contribution is -2.29. The minimum atomic E-state index is -0.414. The van der Waals surface area contributed by atoms with Crippen LogP contribution in [0.2, 0.25) is 0 Å². The van der Waals surface area contributed by atoms with Crippen LogP contribution in [0.1, 0.15) is 37.7 Å². The predicted octanol–water partition coefficient (Wildman–Crippen LogP) is 6.42. The van der Waals surface area contributed by atoms with Gasteiger partial charge in [0, 0.05) is 9.89 Å². The zero-order valence-electron chi connectivity index (χ0n) is 21.2. The van der Waals surface area contributed by atoms with Gasteiger partial charge in [0.15, 0.2) is 23.0 Å². The zero-order chi connectivity index (χ0) is 27.0. The first-order valence-electron chi connectivity index (χ1n) is 11.8. The van der Waals surface area contributed by atoms with Gasteiger partial charge in [-0.15, -0.1) is 0 Å². The van der Waals surface area contributed by atoms with Crippen LogP contribution in [0.25, 0.3) is 10.9 Å². The van der Waals surface area contributed by atoms with E-state index in [-0.39, 0.29) is 12.4 Å². The van der Waals surface area contributed by atoms with E-state index >= 15 is 0 Å². The van der Waals surface area contributed by atoms with Crippen LogP contribution in [0.15, 0.2) is 67.4 Å². The third-order valence-corrected chi connectivity index (χ3v) is 6.96. The first-order valence-corrected chi connectivity index (χ1v) is 13.4. The fraction of sp³-hybridized carbons (Fsp3) is 0.250. The van der Waals surface area contributed by atoms with E-state index < -0.39 is 5.41 Å². The molecule has 0 N–H and O–H groups in total. The van der Waals surface area contributed by atoms with Gasteiger partial charge in [-0.3, -0.25) is 4.79 Å². The minimum Gasteiger partial charge on any atom is -0.493 e. The van der Waals surface area contributed by atoms with E-state index in [0.29, 0.717) is 50.6 Å². The van der Waals surface area contributed by atoms with Crippen LogP contribution in [-0.2, 0) is 12.0 Å². The standard InChI is InChI=1S/C28H25Br2N3O5/c1-28(2,3)27-32-21-7-6-18(29)12-19(21)26(34)33(27)31-13-17-9-20(30)25(24(11-17)35-4)36-14-16-5-8-22-23(10-16)38-15-37-22/h5-13H,14-15H2,1-4H3. The van der Waals surface area contributed by atoms with E-state index in [9.17, 15) is 4.79 Å². The van der Waals surface area contributed by atoms with Crippen LogP contribution in [0, 0.1) is 0 Å². The maximum absolute atomic E-state index is 13.4. The molecule has 1 aromatic heterocycles. The lowest BCUT2D eigenvalue weighted by Gasteiger charge is -2.21. The van der Waals surface area contributed by atoms with Gasteiger partial charge in [-0.25, -0.2) is 4.98 Å². The van der Waals surface area contributed by atoms with E-state index in [1.165, 1.54) is 4.68 Å². The molecule has 196 valence electrons. The largest absolute Gasteiger partial charge is 0.493 e. The van der Waals surface area contributed by atoms with Crippen molar-refractivity contribution in [3.8, 4) is 23.0 Å². The Morgan fingerprint density at radius 1 is 1.08 bits per heavy atom. The number of methoxy groups -OCH3 is 1. The monoisotopic (exact) mass is 641 g/mol. The van der Waals surface area contributed by atoms with Gasteiger partial charge < -0.3 is 18.9 Å². The molecule has 3 aromatic carbocycles. The minimum absolute atomic E-state index is 0.220. The Kier molecular flexibility index (Phi) is 7.19. The summed E-state index contributed by atoms with van der Waals surface area (Å²) in [5, 5.41) is 5.04. The highest BCUT2D eigenvalue weighted by atomic mass is 79.9. The lowest BCUT2D eigenvalue weighted by molar-refractivity contribution is 0.174. The van der Waals surface area contributed by atoms with Gasteiger partial charge in [0.25, 0.3) is 5.56 Å². The number of benzene rings is 3. The number of hydrogen-bond donors (Lipinski definition) is 0.